The van der Waals surface area contributed by atoms with Crippen LogP contribution in [0.25, 0.3) is 16.5 Å². The van der Waals surface area contributed by atoms with Gasteiger partial charge in [0, 0.05) is 13.1 Å². The molecule has 1 saturated heterocycles. The number of benzene rings is 1. The van der Waals surface area contributed by atoms with E-state index in [1.165, 1.54) is 11.8 Å². The van der Waals surface area contributed by atoms with Crippen molar-refractivity contribution in [1.29, 1.82) is 0 Å². The second-order valence-corrected chi connectivity index (χ2v) is 9.16. The Hall–Kier alpha value is -3.64. The fourth-order valence-corrected chi connectivity index (χ4v) is 4.91. The lowest BCUT2D eigenvalue weighted by Crippen LogP contribution is -2.38. The predicted molar refractivity (Wildman–Crippen MR) is 133 cm³/mol. The maximum atomic E-state index is 12.9. The number of rotatable bonds is 6. The van der Waals surface area contributed by atoms with Gasteiger partial charge in [-0.3, -0.25) is 19.5 Å². The lowest BCUT2D eigenvalue weighted by molar-refractivity contribution is -0.113. The number of hydrogen-bond acceptors (Lipinski definition) is 9. The number of amides is 1. The molecule has 1 amide bonds. The number of H-pyrrole nitrogens is 1. The first-order valence-corrected chi connectivity index (χ1v) is 12.2. The molecule has 1 aromatic carbocycles. The Morgan fingerprint density at radius 3 is 2.69 bits per heavy atom. The summed E-state index contributed by atoms with van der Waals surface area (Å²) in [7, 11) is 0. The van der Waals surface area contributed by atoms with Crippen LogP contribution in [0.2, 0.25) is 0 Å². The minimum Gasteiger partial charge on any atom is -0.444 e. The van der Waals surface area contributed by atoms with E-state index >= 15 is 0 Å². The lowest BCUT2D eigenvalue weighted by Gasteiger charge is -2.28. The highest BCUT2D eigenvalue weighted by Gasteiger charge is 2.24. The normalized spacial score (nSPS) is 14.0. The number of thioether (sulfide) groups is 1. The fraction of sp³-hybridized carbons (Fsp3) is 0.348. The van der Waals surface area contributed by atoms with Crippen molar-refractivity contribution in [2.45, 2.75) is 25.9 Å². The molecule has 0 bridgehead atoms. The van der Waals surface area contributed by atoms with Crippen LogP contribution in [0, 0.1) is 20.8 Å². The zero-order valence-corrected chi connectivity index (χ0v) is 20.4. The van der Waals surface area contributed by atoms with Gasteiger partial charge in [0.25, 0.3) is 5.56 Å². The molecule has 0 saturated carbocycles. The van der Waals surface area contributed by atoms with Crippen LogP contribution in [0.15, 0.2) is 38.6 Å². The van der Waals surface area contributed by atoms with Crippen LogP contribution in [0.3, 0.4) is 0 Å². The summed E-state index contributed by atoms with van der Waals surface area (Å²) >= 11 is 1.26. The molecule has 3 aromatic heterocycles. The van der Waals surface area contributed by atoms with Gasteiger partial charge in [-0.25, -0.2) is 5.10 Å². The number of para-hydroxylation sites is 1. The van der Waals surface area contributed by atoms with Crippen molar-refractivity contribution in [3.8, 4) is 5.69 Å². The first kappa shape index (κ1) is 23.1. The number of aromatic nitrogens is 5. The van der Waals surface area contributed by atoms with Crippen LogP contribution in [-0.2, 0) is 9.53 Å². The number of anilines is 2. The number of fused-ring (bicyclic) bond motifs is 1. The lowest BCUT2D eigenvalue weighted by atomic mass is 10.2. The summed E-state index contributed by atoms with van der Waals surface area (Å²) in [6.45, 7) is 8.20. The number of carbonyl (C=O) groups is 1. The monoisotopic (exact) mass is 495 g/mol. The number of furan rings is 1. The first-order chi connectivity index (χ1) is 16.9. The summed E-state index contributed by atoms with van der Waals surface area (Å²) in [6, 6.07) is 7.98. The second kappa shape index (κ2) is 9.55. The van der Waals surface area contributed by atoms with Crippen LogP contribution in [0.5, 0.6) is 0 Å². The van der Waals surface area contributed by atoms with Crippen LogP contribution in [-0.4, -0.2) is 62.9 Å². The Bertz CT molecular complexity index is 1450. The van der Waals surface area contributed by atoms with Gasteiger partial charge in [0.2, 0.25) is 17.7 Å². The SMILES string of the molecule is Cc1ccccc1-n1c(SCC(=O)Nc2oc(C)c3c(C)n[nH]c(=O)c23)nnc1N1CCOCC1. The van der Waals surface area contributed by atoms with Gasteiger partial charge in [0.15, 0.2) is 5.16 Å². The summed E-state index contributed by atoms with van der Waals surface area (Å²) < 4.78 is 13.2. The molecule has 11 nitrogen and oxygen atoms in total. The number of aromatic amines is 1. The van der Waals surface area contributed by atoms with Crippen molar-refractivity contribution in [3.63, 3.8) is 0 Å². The number of morpholine rings is 1. The van der Waals surface area contributed by atoms with Gasteiger partial charge < -0.3 is 14.1 Å². The van der Waals surface area contributed by atoms with Gasteiger partial charge in [-0.15, -0.1) is 10.2 Å². The van der Waals surface area contributed by atoms with E-state index in [1.807, 2.05) is 35.8 Å². The molecule has 0 unspecified atom stereocenters. The third-order valence-corrected chi connectivity index (χ3v) is 6.78. The van der Waals surface area contributed by atoms with Gasteiger partial charge in [0.05, 0.1) is 35.7 Å². The molecule has 4 heterocycles. The number of nitrogens with one attached hydrogen (secondary N) is 2. The first-order valence-electron chi connectivity index (χ1n) is 11.2. The Kier molecular flexibility index (Phi) is 6.31. The molecule has 5 rings (SSSR count). The molecule has 4 aromatic rings. The van der Waals surface area contributed by atoms with Gasteiger partial charge in [-0.05, 0) is 32.4 Å². The average molecular weight is 496 g/mol. The van der Waals surface area contributed by atoms with Gasteiger partial charge >= 0.3 is 0 Å². The molecule has 0 spiro atoms. The summed E-state index contributed by atoms with van der Waals surface area (Å²) in [6.07, 6.45) is 0. The molecule has 1 aliphatic rings. The minimum atomic E-state index is -0.417. The smallest absolute Gasteiger partial charge is 0.277 e. The summed E-state index contributed by atoms with van der Waals surface area (Å²) in [5, 5.41) is 19.5. The zero-order valence-electron chi connectivity index (χ0n) is 19.6. The highest BCUT2D eigenvalue weighted by molar-refractivity contribution is 7.99. The molecular formula is C23H25N7O4S. The van der Waals surface area contributed by atoms with Gasteiger partial charge in [0.1, 0.15) is 11.1 Å². The summed E-state index contributed by atoms with van der Waals surface area (Å²) in [5.74, 6) is 1.08. The Morgan fingerprint density at radius 2 is 1.91 bits per heavy atom. The fourth-order valence-electron chi connectivity index (χ4n) is 4.17. The molecule has 1 fully saturated rings. The van der Waals surface area contributed by atoms with Gasteiger partial charge in [-0.2, -0.15) is 5.10 Å². The van der Waals surface area contributed by atoms with Crippen LogP contribution >= 0.6 is 11.8 Å². The number of nitrogens with zero attached hydrogens (tertiary/aromatic N) is 5. The van der Waals surface area contributed by atoms with Crippen molar-refractivity contribution in [2.75, 3.05) is 42.3 Å². The van der Waals surface area contributed by atoms with Crippen LogP contribution < -0.4 is 15.8 Å². The molecule has 0 aliphatic carbocycles. The van der Waals surface area contributed by atoms with E-state index < -0.39 is 5.56 Å². The van der Waals surface area contributed by atoms with Crippen molar-refractivity contribution in [3.05, 3.63) is 51.6 Å². The molecule has 182 valence electrons. The van der Waals surface area contributed by atoms with E-state index in [9.17, 15) is 9.59 Å². The van der Waals surface area contributed by atoms with E-state index in [4.69, 9.17) is 9.15 Å². The standard InChI is InChI=1S/C23H25N7O4S/c1-13-6-4-5-7-16(13)30-22(29-8-10-33-11-9-29)27-28-23(30)35-12-17(31)24-21-19-18(15(3)34-21)14(2)25-26-20(19)32/h4-7H,8-12H2,1-3H3,(H,24,31)(H,26,32). The molecule has 2 N–H and O–H groups in total. The molecule has 0 atom stereocenters. The van der Waals surface area contributed by atoms with E-state index in [0.29, 0.717) is 54.2 Å². The van der Waals surface area contributed by atoms with Crippen LogP contribution in [0.4, 0.5) is 11.8 Å². The topological polar surface area (TPSA) is 131 Å². The quantitative estimate of drug-likeness (QED) is 0.387. The summed E-state index contributed by atoms with van der Waals surface area (Å²) in [4.78, 5) is 27.3. The third kappa shape index (κ3) is 4.42. The van der Waals surface area contributed by atoms with Gasteiger partial charge in [-0.1, -0.05) is 30.0 Å². The number of ether oxygens (including phenoxy) is 1. The number of carbonyl (C=O) groups excluding carboxylic acids is 1. The third-order valence-electron chi connectivity index (χ3n) is 5.85. The van der Waals surface area contributed by atoms with Crippen LogP contribution in [0.1, 0.15) is 17.0 Å². The Labute approximate surface area is 204 Å². The van der Waals surface area contributed by atoms with E-state index in [1.54, 1.807) is 13.8 Å². The maximum Gasteiger partial charge on any atom is 0.277 e. The highest BCUT2D eigenvalue weighted by Crippen LogP contribution is 2.30. The molecule has 0 radical (unpaired) electrons. The zero-order chi connectivity index (χ0) is 24.5. The molecular weight excluding hydrogens is 470 g/mol. The van der Waals surface area contributed by atoms with E-state index in [0.717, 1.165) is 11.3 Å². The second-order valence-electron chi connectivity index (χ2n) is 8.22. The van der Waals surface area contributed by atoms with Crippen molar-refractivity contribution < 1.29 is 13.9 Å². The predicted octanol–water partition coefficient (Wildman–Crippen LogP) is 2.59. The van der Waals surface area contributed by atoms with E-state index in [2.05, 4.69) is 30.6 Å². The highest BCUT2D eigenvalue weighted by atomic mass is 32.2. The average Bonchev–Trinajstić information content (AvgIpc) is 3.42. The molecule has 1 aliphatic heterocycles. The summed E-state index contributed by atoms with van der Waals surface area (Å²) in [5.41, 5.74) is 2.22. The largest absolute Gasteiger partial charge is 0.444 e. The number of aryl methyl sites for hydroxylation is 3. The van der Waals surface area contributed by atoms with Crippen molar-refractivity contribution >= 4 is 40.3 Å². The Morgan fingerprint density at radius 1 is 1.14 bits per heavy atom. The maximum absolute atomic E-state index is 12.9. The number of hydrogen-bond donors (Lipinski definition) is 2. The molecule has 12 heteroatoms. The minimum absolute atomic E-state index is 0.0519. The van der Waals surface area contributed by atoms with Crippen molar-refractivity contribution in [1.82, 2.24) is 25.0 Å². The van der Waals surface area contributed by atoms with E-state index in [-0.39, 0.29) is 22.9 Å². The Balaban J connectivity index is 1.40. The molecule has 35 heavy (non-hydrogen) atoms. The van der Waals surface area contributed by atoms with Crippen molar-refractivity contribution in [2.24, 2.45) is 0 Å².